The summed E-state index contributed by atoms with van der Waals surface area (Å²) in [6.07, 6.45) is -0.0808. The highest BCUT2D eigenvalue weighted by Gasteiger charge is 2.25. The monoisotopic (exact) mass is 367 g/mol. The number of nitrogens with one attached hydrogen (secondary N) is 3. The van der Waals surface area contributed by atoms with Crippen LogP contribution in [-0.4, -0.2) is 42.7 Å². The van der Waals surface area contributed by atoms with Crippen molar-refractivity contribution in [1.29, 1.82) is 0 Å². The third-order valence-electron chi connectivity index (χ3n) is 4.01. The summed E-state index contributed by atoms with van der Waals surface area (Å²) < 4.78 is 0. The molecule has 1 aromatic carbocycles. The van der Waals surface area contributed by atoms with Crippen LogP contribution in [-0.2, 0) is 4.79 Å². The smallest absolute Gasteiger partial charge is 0.252 e. The van der Waals surface area contributed by atoms with E-state index < -0.39 is 6.10 Å². The van der Waals surface area contributed by atoms with E-state index in [1.807, 2.05) is 20.8 Å². The van der Waals surface area contributed by atoms with Gasteiger partial charge in [-0.05, 0) is 23.6 Å². The van der Waals surface area contributed by atoms with E-state index in [-0.39, 0.29) is 23.1 Å². The van der Waals surface area contributed by atoms with Crippen molar-refractivity contribution >= 4 is 29.1 Å². The highest BCUT2D eigenvalue weighted by molar-refractivity contribution is 6.34. The van der Waals surface area contributed by atoms with E-state index >= 15 is 0 Å². The van der Waals surface area contributed by atoms with Crippen LogP contribution in [0.2, 0.25) is 5.02 Å². The van der Waals surface area contributed by atoms with Gasteiger partial charge in [-0.3, -0.25) is 9.59 Å². The molecule has 0 spiro atoms. The van der Waals surface area contributed by atoms with Crippen LogP contribution in [0.5, 0.6) is 0 Å². The van der Waals surface area contributed by atoms with Gasteiger partial charge in [0.15, 0.2) is 0 Å². The fourth-order valence-corrected chi connectivity index (χ4v) is 2.91. The van der Waals surface area contributed by atoms with E-state index in [1.165, 1.54) is 0 Å². The lowest BCUT2D eigenvalue weighted by atomic mass is 9.92. The summed E-state index contributed by atoms with van der Waals surface area (Å²) in [6.45, 7) is 7.53. The first-order chi connectivity index (χ1) is 11.7. The van der Waals surface area contributed by atoms with Crippen LogP contribution in [0.25, 0.3) is 0 Å². The molecule has 0 saturated carbocycles. The normalized spacial score (nSPS) is 20.4. The first-order valence-corrected chi connectivity index (χ1v) is 8.80. The Bertz CT molecular complexity index is 643. The molecule has 2 atom stereocenters. The molecule has 138 valence electrons. The van der Waals surface area contributed by atoms with Crippen LogP contribution in [0, 0.1) is 11.3 Å². The zero-order chi connectivity index (χ0) is 18.6. The molecule has 7 heteroatoms. The number of rotatable bonds is 5. The zero-order valence-electron chi connectivity index (χ0n) is 14.9. The molecule has 0 bridgehead atoms. The van der Waals surface area contributed by atoms with Gasteiger partial charge in [-0.15, -0.1) is 0 Å². The second-order valence-electron chi connectivity index (χ2n) is 7.68. The van der Waals surface area contributed by atoms with Crippen LogP contribution in [0.1, 0.15) is 37.6 Å². The van der Waals surface area contributed by atoms with E-state index in [4.69, 9.17) is 11.6 Å². The molecule has 1 fully saturated rings. The van der Waals surface area contributed by atoms with E-state index in [1.54, 1.807) is 18.2 Å². The highest BCUT2D eigenvalue weighted by Crippen LogP contribution is 2.23. The summed E-state index contributed by atoms with van der Waals surface area (Å²) in [5.41, 5.74) is 0.717. The molecule has 2 unspecified atom stereocenters. The third-order valence-corrected chi connectivity index (χ3v) is 4.34. The number of carbonyl (C=O) groups is 2. The molecular weight excluding hydrogens is 342 g/mol. The number of aliphatic hydroxyl groups is 1. The molecule has 4 N–H and O–H groups in total. The molecule has 1 aliphatic heterocycles. The van der Waals surface area contributed by atoms with Crippen molar-refractivity contribution in [2.75, 3.05) is 25.0 Å². The van der Waals surface area contributed by atoms with Gasteiger partial charge in [-0.25, -0.2) is 0 Å². The van der Waals surface area contributed by atoms with Crippen molar-refractivity contribution in [3.05, 3.63) is 28.8 Å². The fourth-order valence-electron chi connectivity index (χ4n) is 2.71. The molecule has 1 aliphatic rings. The summed E-state index contributed by atoms with van der Waals surface area (Å²) >= 11 is 6.12. The number of benzene rings is 1. The highest BCUT2D eigenvalue weighted by atomic mass is 35.5. The topological polar surface area (TPSA) is 90.5 Å². The Morgan fingerprint density at radius 3 is 2.64 bits per heavy atom. The van der Waals surface area contributed by atoms with Gasteiger partial charge < -0.3 is 21.1 Å². The predicted molar refractivity (Wildman–Crippen MR) is 98.9 cm³/mol. The number of carbonyl (C=O) groups excluding carboxylic acids is 2. The van der Waals surface area contributed by atoms with Crippen LogP contribution >= 0.6 is 11.6 Å². The Labute approximate surface area is 153 Å². The lowest BCUT2D eigenvalue weighted by molar-refractivity contribution is -0.117. The first kappa shape index (κ1) is 19.7. The average molecular weight is 368 g/mol. The largest absolute Gasteiger partial charge is 0.391 e. The Kier molecular flexibility index (Phi) is 6.43. The van der Waals surface area contributed by atoms with Crippen molar-refractivity contribution in [2.24, 2.45) is 11.3 Å². The SMILES string of the molecule is CC(C)(C)CC(=O)Nc1ccc(Cl)c(C(=O)NCC2CNCC2O)c1. The van der Waals surface area contributed by atoms with Gasteiger partial charge >= 0.3 is 0 Å². The molecule has 2 amide bonds. The summed E-state index contributed by atoms with van der Waals surface area (Å²) in [6, 6.07) is 4.83. The molecule has 1 saturated heterocycles. The summed E-state index contributed by atoms with van der Waals surface area (Å²) in [5, 5.41) is 18.8. The van der Waals surface area contributed by atoms with E-state index in [9.17, 15) is 14.7 Å². The number of amides is 2. The molecule has 6 nitrogen and oxygen atoms in total. The van der Waals surface area contributed by atoms with Gasteiger partial charge in [0.2, 0.25) is 5.91 Å². The Morgan fingerprint density at radius 2 is 2.04 bits per heavy atom. The molecule has 0 aliphatic carbocycles. The summed E-state index contributed by atoms with van der Waals surface area (Å²) in [7, 11) is 0. The van der Waals surface area contributed by atoms with Gasteiger partial charge in [0.1, 0.15) is 0 Å². The van der Waals surface area contributed by atoms with E-state index in [2.05, 4.69) is 16.0 Å². The number of hydrogen-bond acceptors (Lipinski definition) is 4. The average Bonchev–Trinajstić information content (AvgIpc) is 2.90. The quantitative estimate of drug-likeness (QED) is 0.641. The second kappa shape index (κ2) is 8.17. The number of anilines is 1. The van der Waals surface area contributed by atoms with Gasteiger partial charge in [0.25, 0.3) is 5.91 Å². The minimum atomic E-state index is -0.459. The molecule has 0 radical (unpaired) electrons. The van der Waals surface area contributed by atoms with E-state index in [0.29, 0.717) is 42.3 Å². The maximum Gasteiger partial charge on any atom is 0.252 e. The van der Waals surface area contributed by atoms with Crippen LogP contribution in [0.4, 0.5) is 5.69 Å². The van der Waals surface area contributed by atoms with Crippen LogP contribution in [0.3, 0.4) is 0 Å². The van der Waals surface area contributed by atoms with Gasteiger partial charge in [0, 0.05) is 37.7 Å². The van der Waals surface area contributed by atoms with Crippen LogP contribution < -0.4 is 16.0 Å². The van der Waals surface area contributed by atoms with Gasteiger partial charge in [-0.2, -0.15) is 0 Å². The van der Waals surface area contributed by atoms with Crippen molar-refractivity contribution in [3.63, 3.8) is 0 Å². The lowest BCUT2D eigenvalue weighted by Gasteiger charge is -2.18. The van der Waals surface area contributed by atoms with Crippen molar-refractivity contribution in [3.8, 4) is 0 Å². The lowest BCUT2D eigenvalue weighted by Crippen LogP contribution is -2.34. The Hall–Kier alpha value is -1.63. The summed E-state index contributed by atoms with van der Waals surface area (Å²) in [4.78, 5) is 24.4. The van der Waals surface area contributed by atoms with E-state index in [0.717, 1.165) is 0 Å². The molecule has 2 rings (SSSR count). The van der Waals surface area contributed by atoms with Crippen LogP contribution in [0.15, 0.2) is 18.2 Å². The number of halogens is 1. The Balaban J connectivity index is 2.00. The van der Waals surface area contributed by atoms with Crippen molar-refractivity contribution in [1.82, 2.24) is 10.6 Å². The Morgan fingerprint density at radius 1 is 1.32 bits per heavy atom. The fraction of sp³-hybridized carbons (Fsp3) is 0.556. The number of β-amino-alcohol motifs (C(OH)–C–C–N with tert-alkyl or cyclic N) is 1. The maximum atomic E-state index is 12.4. The van der Waals surface area contributed by atoms with Gasteiger partial charge in [-0.1, -0.05) is 32.4 Å². The molecular formula is C18H26ClN3O3. The third kappa shape index (κ3) is 5.99. The van der Waals surface area contributed by atoms with Crippen molar-refractivity contribution < 1.29 is 14.7 Å². The standard InChI is InChI=1S/C18H26ClN3O3/c1-18(2,3)7-16(24)22-12-4-5-14(19)13(6-12)17(25)21-9-11-8-20-10-15(11)23/h4-6,11,15,20,23H,7-10H2,1-3H3,(H,21,25)(H,22,24). The molecule has 1 heterocycles. The number of aliphatic hydroxyl groups excluding tert-OH is 1. The molecule has 0 aromatic heterocycles. The molecule has 25 heavy (non-hydrogen) atoms. The maximum absolute atomic E-state index is 12.4. The number of hydrogen-bond donors (Lipinski definition) is 4. The zero-order valence-corrected chi connectivity index (χ0v) is 15.6. The van der Waals surface area contributed by atoms with Gasteiger partial charge in [0.05, 0.1) is 16.7 Å². The predicted octanol–water partition coefficient (Wildman–Crippen LogP) is 2.02. The minimum absolute atomic E-state index is 0.0163. The first-order valence-electron chi connectivity index (χ1n) is 8.42. The molecule has 1 aromatic rings. The van der Waals surface area contributed by atoms with Crippen molar-refractivity contribution in [2.45, 2.75) is 33.3 Å². The summed E-state index contributed by atoms with van der Waals surface area (Å²) in [5.74, 6) is -0.449. The minimum Gasteiger partial charge on any atom is -0.391 e. The second-order valence-corrected chi connectivity index (χ2v) is 8.08.